The Morgan fingerprint density at radius 3 is 2.54 bits per heavy atom. The molecule has 0 radical (unpaired) electrons. The van der Waals surface area contributed by atoms with Crippen molar-refractivity contribution >= 4 is 26.0 Å². The summed E-state index contributed by atoms with van der Waals surface area (Å²) in [5.41, 5.74) is 2.68. The van der Waals surface area contributed by atoms with Crippen molar-refractivity contribution in [2.45, 2.75) is 18.4 Å². The number of nitrogens with one attached hydrogen (secondary N) is 1. The predicted molar refractivity (Wildman–Crippen MR) is 96.5 cm³/mol. The first-order valence-electron chi connectivity index (χ1n) is 7.30. The van der Waals surface area contributed by atoms with Crippen LogP contribution in [0.2, 0.25) is 0 Å². The quantitative estimate of drug-likeness (QED) is 0.706. The van der Waals surface area contributed by atoms with Gasteiger partial charge in [0.1, 0.15) is 0 Å². The number of sulfonamides is 1. The molecule has 1 aromatic heterocycles. The first-order valence-corrected chi connectivity index (χ1v) is 9.58. The second-order valence-corrected chi connectivity index (χ2v) is 7.97. The Kier molecular flexibility index (Phi) is 4.84. The van der Waals surface area contributed by atoms with Crippen LogP contribution in [0.3, 0.4) is 0 Å². The molecule has 0 atom stereocenters. The van der Waals surface area contributed by atoms with Crippen molar-refractivity contribution < 1.29 is 8.42 Å². The van der Waals surface area contributed by atoms with Gasteiger partial charge in [-0.15, -0.1) is 0 Å². The Labute approximate surface area is 149 Å². The summed E-state index contributed by atoms with van der Waals surface area (Å²) in [6, 6.07) is 14.4. The molecule has 0 bridgehead atoms. The highest BCUT2D eigenvalue weighted by molar-refractivity contribution is 9.10. The van der Waals surface area contributed by atoms with Crippen molar-refractivity contribution in [1.82, 2.24) is 14.5 Å². The van der Waals surface area contributed by atoms with Gasteiger partial charge in [-0.3, -0.25) is 0 Å². The van der Waals surface area contributed by atoms with Crippen LogP contribution in [0.25, 0.3) is 5.69 Å². The number of aromatic nitrogens is 2. The molecule has 0 saturated carbocycles. The summed E-state index contributed by atoms with van der Waals surface area (Å²) >= 11 is 3.37. The van der Waals surface area contributed by atoms with E-state index < -0.39 is 10.0 Å². The predicted octanol–water partition coefficient (Wildman–Crippen LogP) is 3.42. The topological polar surface area (TPSA) is 64.0 Å². The average molecular weight is 406 g/mol. The summed E-state index contributed by atoms with van der Waals surface area (Å²) < 4.78 is 30.0. The van der Waals surface area contributed by atoms with Gasteiger partial charge in [0, 0.05) is 23.4 Å². The SMILES string of the molecule is Cc1cc(S(=O)(=O)NCc2ccc(-n3cccn3)cc2)ccc1Br. The minimum Gasteiger partial charge on any atom is -0.241 e. The second-order valence-electron chi connectivity index (χ2n) is 5.35. The van der Waals surface area contributed by atoms with Crippen LogP contribution >= 0.6 is 15.9 Å². The molecule has 0 amide bonds. The molecular formula is C17H16BrN3O2S. The fraction of sp³-hybridized carbons (Fsp3) is 0.118. The van der Waals surface area contributed by atoms with Gasteiger partial charge in [0.05, 0.1) is 10.6 Å². The lowest BCUT2D eigenvalue weighted by atomic mass is 10.2. The van der Waals surface area contributed by atoms with Crippen LogP contribution < -0.4 is 4.72 Å². The van der Waals surface area contributed by atoms with E-state index in [2.05, 4.69) is 25.8 Å². The highest BCUT2D eigenvalue weighted by Crippen LogP contribution is 2.20. The molecule has 7 heteroatoms. The number of hydrogen-bond acceptors (Lipinski definition) is 3. The van der Waals surface area contributed by atoms with E-state index in [0.717, 1.165) is 21.3 Å². The smallest absolute Gasteiger partial charge is 0.240 e. The van der Waals surface area contributed by atoms with Crippen molar-refractivity contribution in [3.8, 4) is 5.69 Å². The van der Waals surface area contributed by atoms with E-state index in [0.29, 0.717) is 0 Å². The molecule has 124 valence electrons. The number of aryl methyl sites for hydroxylation is 1. The molecule has 0 aliphatic heterocycles. The fourth-order valence-electron chi connectivity index (χ4n) is 2.23. The summed E-state index contributed by atoms with van der Waals surface area (Å²) in [4.78, 5) is 0.261. The van der Waals surface area contributed by atoms with Crippen LogP contribution in [0.1, 0.15) is 11.1 Å². The second kappa shape index (κ2) is 6.88. The molecule has 0 aliphatic rings. The van der Waals surface area contributed by atoms with Crippen molar-refractivity contribution in [2.75, 3.05) is 0 Å². The largest absolute Gasteiger partial charge is 0.241 e. The third-order valence-corrected chi connectivity index (χ3v) is 5.90. The molecule has 2 aromatic carbocycles. The van der Waals surface area contributed by atoms with E-state index in [1.54, 1.807) is 29.1 Å². The third-order valence-electron chi connectivity index (χ3n) is 3.61. The minimum absolute atomic E-state index is 0.233. The zero-order valence-corrected chi connectivity index (χ0v) is 15.4. The van der Waals surface area contributed by atoms with Gasteiger partial charge in [-0.25, -0.2) is 17.8 Å². The Hall–Kier alpha value is -1.96. The number of rotatable bonds is 5. The maximum atomic E-state index is 12.4. The Balaban J connectivity index is 1.71. The van der Waals surface area contributed by atoms with Crippen LogP contribution in [-0.2, 0) is 16.6 Å². The average Bonchev–Trinajstić information content (AvgIpc) is 3.10. The van der Waals surface area contributed by atoms with E-state index in [1.165, 1.54) is 0 Å². The summed E-state index contributed by atoms with van der Waals surface area (Å²) in [7, 11) is -3.54. The lowest BCUT2D eigenvalue weighted by molar-refractivity contribution is 0.581. The van der Waals surface area contributed by atoms with Gasteiger partial charge in [-0.2, -0.15) is 5.10 Å². The maximum Gasteiger partial charge on any atom is 0.240 e. The lowest BCUT2D eigenvalue weighted by Gasteiger charge is -2.09. The normalized spacial score (nSPS) is 11.6. The molecule has 0 aliphatic carbocycles. The fourth-order valence-corrected chi connectivity index (χ4v) is 3.58. The Morgan fingerprint density at radius 2 is 1.92 bits per heavy atom. The van der Waals surface area contributed by atoms with Gasteiger partial charge in [0.15, 0.2) is 0 Å². The van der Waals surface area contributed by atoms with E-state index in [9.17, 15) is 8.42 Å². The summed E-state index contributed by atoms with van der Waals surface area (Å²) in [5, 5.41) is 4.16. The van der Waals surface area contributed by atoms with Crippen molar-refractivity contribution in [2.24, 2.45) is 0 Å². The first-order chi connectivity index (χ1) is 11.5. The minimum atomic E-state index is -3.54. The zero-order chi connectivity index (χ0) is 17.2. The van der Waals surface area contributed by atoms with Gasteiger partial charge in [0.2, 0.25) is 10.0 Å². The Morgan fingerprint density at radius 1 is 1.17 bits per heavy atom. The molecule has 3 rings (SSSR count). The van der Waals surface area contributed by atoms with E-state index >= 15 is 0 Å². The molecule has 0 fully saturated rings. The van der Waals surface area contributed by atoms with Gasteiger partial charge in [-0.1, -0.05) is 28.1 Å². The number of nitrogens with zero attached hydrogens (tertiary/aromatic N) is 2. The monoisotopic (exact) mass is 405 g/mol. The summed E-state index contributed by atoms with van der Waals surface area (Å²) in [5.74, 6) is 0. The molecule has 1 heterocycles. The van der Waals surface area contributed by atoms with Gasteiger partial charge < -0.3 is 0 Å². The number of benzene rings is 2. The van der Waals surface area contributed by atoms with Crippen molar-refractivity contribution in [3.63, 3.8) is 0 Å². The highest BCUT2D eigenvalue weighted by atomic mass is 79.9. The third kappa shape index (κ3) is 3.75. The van der Waals surface area contributed by atoms with Crippen LogP contribution in [0.15, 0.2) is 70.3 Å². The standard InChI is InChI=1S/C17H16BrN3O2S/c1-13-11-16(7-8-17(13)18)24(22,23)20-12-14-3-5-15(6-4-14)21-10-2-9-19-21/h2-11,20H,12H2,1H3. The van der Waals surface area contributed by atoms with E-state index in [4.69, 9.17) is 0 Å². The molecule has 1 N–H and O–H groups in total. The summed E-state index contributed by atoms with van der Waals surface area (Å²) in [6.07, 6.45) is 3.57. The van der Waals surface area contributed by atoms with Crippen LogP contribution in [0, 0.1) is 6.92 Å². The zero-order valence-electron chi connectivity index (χ0n) is 13.0. The van der Waals surface area contributed by atoms with Crippen LogP contribution in [-0.4, -0.2) is 18.2 Å². The van der Waals surface area contributed by atoms with Gasteiger partial charge >= 0.3 is 0 Å². The molecule has 0 saturated heterocycles. The number of halogens is 1. The maximum absolute atomic E-state index is 12.4. The first kappa shape index (κ1) is 16.9. The van der Waals surface area contributed by atoms with Gasteiger partial charge in [-0.05, 0) is 54.4 Å². The number of hydrogen-bond donors (Lipinski definition) is 1. The molecule has 3 aromatic rings. The molecule has 0 unspecified atom stereocenters. The summed E-state index contributed by atoms with van der Waals surface area (Å²) in [6.45, 7) is 2.09. The van der Waals surface area contributed by atoms with E-state index in [1.807, 2.05) is 43.5 Å². The van der Waals surface area contributed by atoms with Gasteiger partial charge in [0.25, 0.3) is 0 Å². The lowest BCUT2D eigenvalue weighted by Crippen LogP contribution is -2.23. The molecule has 0 spiro atoms. The van der Waals surface area contributed by atoms with Crippen LogP contribution in [0.5, 0.6) is 0 Å². The Bertz CT molecular complexity index is 936. The molecular weight excluding hydrogens is 390 g/mol. The molecule has 5 nitrogen and oxygen atoms in total. The highest BCUT2D eigenvalue weighted by Gasteiger charge is 2.14. The van der Waals surface area contributed by atoms with Crippen molar-refractivity contribution in [3.05, 3.63) is 76.5 Å². The molecule has 24 heavy (non-hydrogen) atoms. The van der Waals surface area contributed by atoms with Crippen molar-refractivity contribution in [1.29, 1.82) is 0 Å². The van der Waals surface area contributed by atoms with Crippen LogP contribution in [0.4, 0.5) is 0 Å². The van der Waals surface area contributed by atoms with E-state index in [-0.39, 0.29) is 11.4 Å².